The van der Waals surface area contributed by atoms with Crippen molar-refractivity contribution in [1.29, 1.82) is 0 Å². The van der Waals surface area contributed by atoms with Crippen LogP contribution in [0.2, 0.25) is 0 Å². The predicted octanol–water partition coefficient (Wildman–Crippen LogP) is 0.0744. The monoisotopic (exact) mass is 167 g/mol. The molecule has 2 rings (SSSR count). The van der Waals surface area contributed by atoms with Gasteiger partial charge in [0.2, 0.25) is 5.88 Å². The molecule has 2 heterocycles. The van der Waals surface area contributed by atoms with Crippen molar-refractivity contribution in [2.45, 2.75) is 13.0 Å². The third kappa shape index (κ3) is 0.992. The van der Waals surface area contributed by atoms with E-state index in [0.717, 1.165) is 25.4 Å². The third-order valence-electron chi connectivity index (χ3n) is 2.27. The van der Waals surface area contributed by atoms with Crippen molar-refractivity contribution in [1.82, 2.24) is 15.1 Å². The van der Waals surface area contributed by atoms with Gasteiger partial charge in [0.05, 0.1) is 12.7 Å². The molecule has 0 fully saturated rings. The molecule has 4 heteroatoms. The topological polar surface area (TPSA) is 39.1 Å². The number of aryl methyl sites for hydroxylation is 1. The minimum absolute atomic E-state index is 0.764. The Hall–Kier alpha value is -1.03. The molecule has 0 amide bonds. The molecule has 0 aliphatic carbocycles. The first-order chi connectivity index (χ1) is 5.83. The van der Waals surface area contributed by atoms with E-state index in [0.29, 0.717) is 0 Å². The first-order valence-electron chi connectivity index (χ1n) is 4.12. The van der Waals surface area contributed by atoms with Gasteiger partial charge in [-0.2, -0.15) is 0 Å². The van der Waals surface area contributed by atoms with Crippen LogP contribution in [-0.2, 0) is 20.0 Å². The summed E-state index contributed by atoms with van der Waals surface area (Å²) in [5.41, 5.74) is 2.51. The molecule has 4 nitrogen and oxygen atoms in total. The molecule has 1 aromatic rings. The lowest BCUT2D eigenvalue weighted by Gasteiger charge is -2.13. The van der Waals surface area contributed by atoms with E-state index in [9.17, 15) is 0 Å². The van der Waals surface area contributed by atoms with Gasteiger partial charge in [0.15, 0.2) is 0 Å². The van der Waals surface area contributed by atoms with Gasteiger partial charge in [-0.3, -0.25) is 4.68 Å². The summed E-state index contributed by atoms with van der Waals surface area (Å²) >= 11 is 0. The lowest BCUT2D eigenvalue weighted by atomic mass is 10.1. The average molecular weight is 167 g/mol. The predicted molar refractivity (Wildman–Crippen MR) is 45.2 cm³/mol. The van der Waals surface area contributed by atoms with Crippen molar-refractivity contribution in [2.24, 2.45) is 7.05 Å². The zero-order valence-corrected chi connectivity index (χ0v) is 7.42. The van der Waals surface area contributed by atoms with Gasteiger partial charge >= 0.3 is 0 Å². The van der Waals surface area contributed by atoms with Crippen molar-refractivity contribution in [3.63, 3.8) is 0 Å². The van der Waals surface area contributed by atoms with Gasteiger partial charge in [-0.05, 0) is 0 Å². The lowest BCUT2D eigenvalue weighted by molar-refractivity contribution is 0.386. The van der Waals surface area contributed by atoms with Crippen LogP contribution >= 0.6 is 0 Å². The molecule has 1 aliphatic heterocycles. The van der Waals surface area contributed by atoms with Gasteiger partial charge in [0.25, 0.3) is 0 Å². The van der Waals surface area contributed by atoms with Gasteiger partial charge in [0, 0.05) is 32.3 Å². The highest BCUT2D eigenvalue weighted by Gasteiger charge is 2.18. The highest BCUT2D eigenvalue weighted by molar-refractivity contribution is 5.32. The van der Waals surface area contributed by atoms with Crippen LogP contribution in [0.1, 0.15) is 11.3 Å². The number of hydrogen-bond donors (Lipinski definition) is 1. The molecular weight excluding hydrogens is 154 g/mol. The van der Waals surface area contributed by atoms with Crippen molar-refractivity contribution < 1.29 is 4.74 Å². The number of rotatable bonds is 1. The molecule has 0 bridgehead atoms. The summed E-state index contributed by atoms with van der Waals surface area (Å²) in [7, 11) is 3.63. The van der Waals surface area contributed by atoms with E-state index in [1.54, 1.807) is 7.11 Å². The minimum atomic E-state index is 0.764. The van der Waals surface area contributed by atoms with Crippen molar-refractivity contribution in [3.05, 3.63) is 11.3 Å². The van der Waals surface area contributed by atoms with Gasteiger partial charge in [-0.1, -0.05) is 0 Å². The Kier molecular flexibility index (Phi) is 1.77. The minimum Gasteiger partial charge on any atom is -0.480 e. The molecule has 1 aliphatic rings. The van der Waals surface area contributed by atoms with Gasteiger partial charge in [-0.15, -0.1) is 5.10 Å². The van der Waals surface area contributed by atoms with Crippen LogP contribution in [0.15, 0.2) is 0 Å². The molecule has 0 saturated carbocycles. The normalized spacial score (nSPS) is 15.8. The van der Waals surface area contributed by atoms with E-state index in [1.807, 2.05) is 11.7 Å². The Morgan fingerprint density at radius 2 is 2.42 bits per heavy atom. The van der Waals surface area contributed by atoms with Crippen LogP contribution in [0.3, 0.4) is 0 Å². The summed E-state index contributed by atoms with van der Waals surface area (Å²) in [5, 5.41) is 7.56. The standard InChI is InChI=1S/C8H13N3O/c1-11-7-3-4-9-5-6(7)8(10-11)12-2/h9H,3-5H2,1-2H3. The molecular formula is C8H13N3O. The highest BCUT2D eigenvalue weighted by Crippen LogP contribution is 2.22. The molecule has 66 valence electrons. The number of hydrogen-bond acceptors (Lipinski definition) is 3. The van der Waals surface area contributed by atoms with Crippen LogP contribution in [0.5, 0.6) is 5.88 Å². The van der Waals surface area contributed by atoms with Crippen LogP contribution < -0.4 is 10.1 Å². The molecule has 0 aromatic carbocycles. The fourth-order valence-electron chi connectivity index (χ4n) is 1.65. The zero-order chi connectivity index (χ0) is 8.55. The van der Waals surface area contributed by atoms with E-state index in [1.165, 1.54) is 11.3 Å². The highest BCUT2D eigenvalue weighted by atomic mass is 16.5. The van der Waals surface area contributed by atoms with Crippen LogP contribution in [-0.4, -0.2) is 23.4 Å². The largest absolute Gasteiger partial charge is 0.480 e. The summed E-state index contributed by atoms with van der Waals surface area (Å²) in [6, 6.07) is 0. The molecule has 0 saturated heterocycles. The smallest absolute Gasteiger partial charge is 0.237 e. The first kappa shape index (κ1) is 7.61. The van der Waals surface area contributed by atoms with Crippen molar-refractivity contribution in [2.75, 3.05) is 13.7 Å². The maximum atomic E-state index is 5.16. The maximum absolute atomic E-state index is 5.16. The Balaban J connectivity index is 2.47. The van der Waals surface area contributed by atoms with E-state index in [2.05, 4.69) is 10.4 Å². The summed E-state index contributed by atoms with van der Waals surface area (Å²) in [5.74, 6) is 0.764. The second kappa shape index (κ2) is 2.79. The molecule has 0 spiro atoms. The fourth-order valence-corrected chi connectivity index (χ4v) is 1.65. The van der Waals surface area contributed by atoms with E-state index in [-0.39, 0.29) is 0 Å². The number of nitrogens with one attached hydrogen (secondary N) is 1. The van der Waals surface area contributed by atoms with E-state index < -0.39 is 0 Å². The molecule has 1 N–H and O–H groups in total. The molecule has 0 atom stereocenters. The summed E-state index contributed by atoms with van der Waals surface area (Å²) in [6.45, 7) is 1.92. The van der Waals surface area contributed by atoms with Gasteiger partial charge < -0.3 is 10.1 Å². The number of methoxy groups -OCH3 is 1. The fraction of sp³-hybridized carbons (Fsp3) is 0.625. The Morgan fingerprint density at radius 1 is 1.58 bits per heavy atom. The van der Waals surface area contributed by atoms with Crippen LogP contribution in [0.25, 0.3) is 0 Å². The van der Waals surface area contributed by atoms with Gasteiger partial charge in [-0.25, -0.2) is 0 Å². The van der Waals surface area contributed by atoms with Crippen LogP contribution in [0.4, 0.5) is 0 Å². The number of nitrogens with zero attached hydrogens (tertiary/aromatic N) is 2. The molecule has 12 heavy (non-hydrogen) atoms. The molecule has 0 unspecified atom stereocenters. The van der Waals surface area contributed by atoms with E-state index >= 15 is 0 Å². The second-order valence-electron chi connectivity index (χ2n) is 2.98. The zero-order valence-electron chi connectivity index (χ0n) is 7.42. The average Bonchev–Trinajstić information content (AvgIpc) is 2.44. The summed E-state index contributed by atoms with van der Waals surface area (Å²) < 4.78 is 7.07. The van der Waals surface area contributed by atoms with Crippen LogP contribution in [0, 0.1) is 0 Å². The first-order valence-corrected chi connectivity index (χ1v) is 4.12. The van der Waals surface area contributed by atoms with Crippen molar-refractivity contribution in [3.8, 4) is 5.88 Å². The molecule has 0 radical (unpaired) electrons. The number of fused-ring (bicyclic) bond motifs is 1. The summed E-state index contributed by atoms with van der Waals surface area (Å²) in [6.07, 6.45) is 1.04. The second-order valence-corrected chi connectivity index (χ2v) is 2.98. The number of aromatic nitrogens is 2. The SMILES string of the molecule is COc1nn(C)c2c1CNCC2. The quantitative estimate of drug-likeness (QED) is 0.643. The lowest BCUT2D eigenvalue weighted by Crippen LogP contribution is -2.24. The number of ether oxygens (including phenoxy) is 1. The van der Waals surface area contributed by atoms with E-state index in [4.69, 9.17) is 4.74 Å². The Morgan fingerprint density at radius 3 is 3.17 bits per heavy atom. The maximum Gasteiger partial charge on any atom is 0.237 e. The Bertz CT molecular complexity index is 293. The third-order valence-corrected chi connectivity index (χ3v) is 2.27. The molecule has 1 aromatic heterocycles. The summed E-state index contributed by atoms with van der Waals surface area (Å²) in [4.78, 5) is 0. The Labute approximate surface area is 71.5 Å². The van der Waals surface area contributed by atoms with Crippen molar-refractivity contribution >= 4 is 0 Å². The van der Waals surface area contributed by atoms with Gasteiger partial charge in [0.1, 0.15) is 0 Å².